The number of hydrogen-bond donors (Lipinski definition) is 0. The van der Waals surface area contributed by atoms with Crippen LogP contribution in [0.1, 0.15) is 85.0 Å². The zero-order valence-corrected chi connectivity index (χ0v) is 18.0. The molecule has 4 aliphatic carbocycles. The van der Waals surface area contributed by atoms with E-state index >= 15 is 0 Å². The van der Waals surface area contributed by atoms with Gasteiger partial charge in [0.15, 0.2) is 0 Å². The van der Waals surface area contributed by atoms with E-state index in [1.54, 1.807) is 0 Å². The Hall–Kier alpha value is -0.790. The van der Waals surface area contributed by atoms with Gasteiger partial charge in [-0.1, -0.05) is 45.8 Å². The molecule has 3 fully saturated rings. The Morgan fingerprint density at radius 2 is 1.81 bits per heavy atom. The molecule has 0 spiro atoms. The van der Waals surface area contributed by atoms with Crippen LogP contribution in [-0.4, -0.2) is 13.1 Å². The van der Waals surface area contributed by atoms with Crippen molar-refractivity contribution in [1.82, 2.24) is 0 Å². The van der Waals surface area contributed by atoms with Crippen LogP contribution in [0.2, 0.25) is 0 Å². The van der Waals surface area contributed by atoms with Gasteiger partial charge in [-0.2, -0.15) is 0 Å². The van der Waals surface area contributed by atoms with E-state index in [1.165, 1.54) is 58.5 Å². The summed E-state index contributed by atoms with van der Waals surface area (Å²) in [6.07, 6.45) is 18.2. The minimum atomic E-state index is -0.0447. The maximum Gasteiger partial charge on any atom is 0.305 e. The largest absolute Gasteiger partial charge is 0.469 e. The Morgan fingerprint density at radius 3 is 2.59 bits per heavy atom. The summed E-state index contributed by atoms with van der Waals surface area (Å²) in [6, 6.07) is 0. The molecule has 0 N–H and O–H groups in total. The molecule has 0 heterocycles. The standard InChI is InChI=1S/C25H40O2/c1-17(8-13-23(26)27-4)20-11-12-21-19-10-9-18-7-5-6-15-24(18,2)22(19)14-16-25(20,21)3/h9-10,17-22H,5-8,11-16H2,1-4H3/t17-,18-,19-,20-,21+,22-,24+,25-/m1/s1. The summed E-state index contributed by atoms with van der Waals surface area (Å²) in [5.74, 6) is 4.78. The lowest BCUT2D eigenvalue weighted by molar-refractivity contribution is -0.141. The average Bonchev–Trinajstić information content (AvgIpc) is 3.02. The van der Waals surface area contributed by atoms with Gasteiger partial charge in [-0.05, 0) is 91.3 Å². The van der Waals surface area contributed by atoms with Crippen molar-refractivity contribution in [3.63, 3.8) is 0 Å². The second-order valence-corrected chi connectivity index (χ2v) is 10.9. The number of ether oxygens (including phenoxy) is 1. The predicted molar refractivity (Wildman–Crippen MR) is 110 cm³/mol. The van der Waals surface area contributed by atoms with Crippen LogP contribution >= 0.6 is 0 Å². The highest BCUT2D eigenvalue weighted by Gasteiger charge is 2.58. The number of allylic oxidation sites excluding steroid dienone is 2. The lowest BCUT2D eigenvalue weighted by Crippen LogP contribution is -2.51. The molecule has 0 aliphatic heterocycles. The van der Waals surface area contributed by atoms with E-state index in [4.69, 9.17) is 4.74 Å². The second-order valence-electron chi connectivity index (χ2n) is 10.9. The molecule has 4 aliphatic rings. The summed E-state index contributed by atoms with van der Waals surface area (Å²) in [5.41, 5.74) is 1.03. The van der Waals surface area contributed by atoms with Gasteiger partial charge in [0, 0.05) is 6.42 Å². The normalized spacial score (nSPS) is 46.9. The lowest BCUT2D eigenvalue weighted by Gasteiger charge is -2.58. The van der Waals surface area contributed by atoms with Gasteiger partial charge in [0.2, 0.25) is 0 Å². The van der Waals surface area contributed by atoms with Gasteiger partial charge in [-0.25, -0.2) is 0 Å². The number of esters is 1. The van der Waals surface area contributed by atoms with Gasteiger partial charge in [-0.3, -0.25) is 4.79 Å². The van der Waals surface area contributed by atoms with E-state index in [0.29, 0.717) is 23.2 Å². The molecule has 27 heavy (non-hydrogen) atoms. The van der Waals surface area contributed by atoms with Crippen molar-refractivity contribution in [2.75, 3.05) is 7.11 Å². The summed E-state index contributed by atoms with van der Waals surface area (Å²) in [4.78, 5) is 11.6. The summed E-state index contributed by atoms with van der Waals surface area (Å²) in [6.45, 7) is 7.62. The predicted octanol–water partition coefficient (Wildman–Crippen LogP) is 6.40. The van der Waals surface area contributed by atoms with Crippen LogP contribution in [0.4, 0.5) is 0 Å². The fourth-order valence-corrected chi connectivity index (χ4v) is 8.28. The van der Waals surface area contributed by atoms with E-state index in [0.717, 1.165) is 36.0 Å². The third-order valence-electron chi connectivity index (χ3n) is 9.86. The van der Waals surface area contributed by atoms with E-state index in [-0.39, 0.29) is 5.97 Å². The minimum absolute atomic E-state index is 0.0447. The smallest absolute Gasteiger partial charge is 0.305 e. The van der Waals surface area contributed by atoms with Crippen LogP contribution in [-0.2, 0) is 9.53 Å². The number of fused-ring (bicyclic) bond motifs is 5. The summed E-state index contributed by atoms with van der Waals surface area (Å²) in [5, 5.41) is 0. The molecule has 3 saturated carbocycles. The van der Waals surface area contributed by atoms with E-state index < -0.39 is 0 Å². The first-order valence-electron chi connectivity index (χ1n) is 11.7. The minimum Gasteiger partial charge on any atom is -0.469 e. The molecule has 0 radical (unpaired) electrons. The molecular formula is C25H40O2. The molecular weight excluding hydrogens is 332 g/mol. The number of carbonyl (C=O) groups excluding carboxylic acids is 1. The molecule has 0 bridgehead atoms. The molecule has 0 aromatic rings. The maximum atomic E-state index is 11.6. The monoisotopic (exact) mass is 372 g/mol. The van der Waals surface area contributed by atoms with Crippen molar-refractivity contribution in [3.05, 3.63) is 12.2 Å². The summed E-state index contributed by atoms with van der Waals surface area (Å²) >= 11 is 0. The van der Waals surface area contributed by atoms with Crippen molar-refractivity contribution in [2.45, 2.75) is 85.0 Å². The van der Waals surface area contributed by atoms with Gasteiger partial charge in [-0.15, -0.1) is 0 Å². The Balaban J connectivity index is 1.52. The van der Waals surface area contributed by atoms with Gasteiger partial charge in [0.05, 0.1) is 7.11 Å². The highest BCUT2D eigenvalue weighted by Crippen LogP contribution is 2.66. The van der Waals surface area contributed by atoms with Gasteiger partial charge >= 0.3 is 5.97 Å². The molecule has 0 aromatic carbocycles. The van der Waals surface area contributed by atoms with Crippen molar-refractivity contribution in [3.8, 4) is 0 Å². The summed E-state index contributed by atoms with van der Waals surface area (Å²) < 4.78 is 4.88. The SMILES string of the molecule is COC(=O)CC[C@@H](C)[C@H]1CC[C@H]2[C@H]3C=C[C@H]4CCCC[C@]4(C)[C@@H]3CC[C@]12C. The van der Waals surface area contributed by atoms with E-state index in [1.807, 2.05) is 0 Å². The molecule has 8 atom stereocenters. The summed E-state index contributed by atoms with van der Waals surface area (Å²) in [7, 11) is 1.51. The molecule has 0 amide bonds. The third kappa shape index (κ3) is 3.10. The van der Waals surface area contributed by atoms with Crippen molar-refractivity contribution in [2.24, 2.45) is 46.3 Å². The van der Waals surface area contributed by atoms with Crippen LogP contribution in [0.15, 0.2) is 12.2 Å². The van der Waals surface area contributed by atoms with Crippen LogP contribution in [0.5, 0.6) is 0 Å². The molecule has 2 nitrogen and oxygen atoms in total. The number of rotatable bonds is 4. The molecule has 0 saturated heterocycles. The fourth-order valence-electron chi connectivity index (χ4n) is 8.28. The number of carbonyl (C=O) groups is 1. The van der Waals surface area contributed by atoms with Crippen LogP contribution in [0.3, 0.4) is 0 Å². The number of methoxy groups -OCH3 is 1. The highest BCUT2D eigenvalue weighted by molar-refractivity contribution is 5.69. The molecule has 2 heteroatoms. The topological polar surface area (TPSA) is 26.3 Å². The van der Waals surface area contributed by atoms with Crippen LogP contribution in [0.25, 0.3) is 0 Å². The Morgan fingerprint density at radius 1 is 1.04 bits per heavy atom. The molecule has 4 rings (SSSR count). The van der Waals surface area contributed by atoms with Gasteiger partial charge in [0.25, 0.3) is 0 Å². The van der Waals surface area contributed by atoms with Crippen molar-refractivity contribution >= 4 is 5.97 Å². The molecule has 0 unspecified atom stereocenters. The quantitative estimate of drug-likeness (QED) is 0.421. The van der Waals surface area contributed by atoms with E-state index in [2.05, 4.69) is 32.9 Å². The molecule has 0 aromatic heterocycles. The zero-order valence-electron chi connectivity index (χ0n) is 18.0. The Bertz CT molecular complexity index is 595. The van der Waals surface area contributed by atoms with Crippen molar-refractivity contribution in [1.29, 1.82) is 0 Å². The van der Waals surface area contributed by atoms with Gasteiger partial charge in [0.1, 0.15) is 0 Å². The lowest BCUT2D eigenvalue weighted by atomic mass is 9.46. The maximum absolute atomic E-state index is 11.6. The Labute approximate surface area is 166 Å². The first kappa shape index (κ1) is 19.5. The zero-order chi connectivity index (χ0) is 19.2. The fraction of sp³-hybridized carbons (Fsp3) is 0.880. The highest BCUT2D eigenvalue weighted by atomic mass is 16.5. The van der Waals surface area contributed by atoms with E-state index in [9.17, 15) is 4.79 Å². The molecule has 152 valence electrons. The van der Waals surface area contributed by atoms with Crippen molar-refractivity contribution < 1.29 is 9.53 Å². The Kier molecular flexibility index (Phi) is 5.23. The van der Waals surface area contributed by atoms with Crippen LogP contribution < -0.4 is 0 Å². The average molecular weight is 373 g/mol. The van der Waals surface area contributed by atoms with Crippen LogP contribution in [0, 0.1) is 46.3 Å². The first-order valence-corrected chi connectivity index (χ1v) is 11.7. The first-order chi connectivity index (χ1) is 12.9. The van der Waals surface area contributed by atoms with Gasteiger partial charge < -0.3 is 4.74 Å². The third-order valence-corrected chi connectivity index (χ3v) is 9.86. The second kappa shape index (κ2) is 7.23. The number of hydrogen-bond acceptors (Lipinski definition) is 2.